The Morgan fingerprint density at radius 1 is 1.27 bits per heavy atom. The molecular weight excluding hydrogens is 278 g/mol. The molecule has 1 aliphatic rings. The zero-order chi connectivity index (χ0) is 16.1. The van der Waals surface area contributed by atoms with Crippen molar-refractivity contribution in [2.45, 2.75) is 45.1 Å². The minimum absolute atomic E-state index is 0.0177. The quantitative estimate of drug-likeness (QED) is 0.453. The summed E-state index contributed by atoms with van der Waals surface area (Å²) in [6.07, 6.45) is 5.32. The van der Waals surface area contributed by atoms with Gasteiger partial charge in [0.05, 0.1) is 11.8 Å². The van der Waals surface area contributed by atoms with Crippen LogP contribution in [0.25, 0.3) is 0 Å². The Balaban J connectivity index is 2.45. The molecule has 0 amide bonds. The number of unbranched alkanes of at least 4 members (excludes halogenated alkanes) is 1. The maximum Gasteiger partial charge on any atom is 0.227 e. The molecule has 1 aliphatic carbocycles. The molecule has 0 radical (unpaired) electrons. The average molecular weight is 301 g/mol. The molecule has 0 aliphatic heterocycles. The van der Waals surface area contributed by atoms with Crippen LogP contribution in [-0.2, 0) is 4.79 Å². The first-order chi connectivity index (χ1) is 10.6. The lowest BCUT2D eigenvalue weighted by molar-refractivity contribution is -0.537. The lowest BCUT2D eigenvalue weighted by Gasteiger charge is -2.35. The van der Waals surface area contributed by atoms with Crippen molar-refractivity contribution in [2.24, 2.45) is 11.8 Å². The van der Waals surface area contributed by atoms with Crippen LogP contribution in [-0.4, -0.2) is 17.3 Å². The number of allylic oxidation sites excluding steroid dienone is 1. The molecule has 4 atom stereocenters. The molecule has 4 heteroatoms. The molecule has 0 fully saturated rings. The number of nitro groups is 1. The summed E-state index contributed by atoms with van der Waals surface area (Å²) in [5.74, 6) is -0.480. The fourth-order valence-electron chi connectivity index (χ4n) is 3.63. The van der Waals surface area contributed by atoms with Gasteiger partial charge in [0, 0.05) is 4.92 Å². The minimum atomic E-state index is -0.728. The van der Waals surface area contributed by atoms with Gasteiger partial charge in [0.15, 0.2) is 0 Å². The van der Waals surface area contributed by atoms with Crippen molar-refractivity contribution in [3.05, 3.63) is 57.7 Å². The van der Waals surface area contributed by atoms with Crippen molar-refractivity contribution in [1.82, 2.24) is 0 Å². The van der Waals surface area contributed by atoms with Crippen LogP contribution in [0.5, 0.6) is 0 Å². The average Bonchev–Trinajstić information content (AvgIpc) is 2.53. The Morgan fingerprint density at radius 3 is 2.50 bits per heavy atom. The van der Waals surface area contributed by atoms with Crippen LogP contribution < -0.4 is 0 Å². The molecular formula is C18H23NO3. The third kappa shape index (κ3) is 3.26. The lowest BCUT2D eigenvalue weighted by atomic mass is 9.68. The third-order valence-electron chi connectivity index (χ3n) is 4.66. The molecule has 0 heterocycles. The molecule has 4 nitrogen and oxygen atoms in total. The van der Waals surface area contributed by atoms with Crippen LogP contribution in [0.4, 0.5) is 0 Å². The van der Waals surface area contributed by atoms with Gasteiger partial charge in [0.25, 0.3) is 0 Å². The van der Waals surface area contributed by atoms with E-state index in [4.69, 9.17) is 0 Å². The number of benzene rings is 1. The molecule has 0 saturated carbocycles. The molecule has 0 bridgehead atoms. The standard InChI is InChI=1S/C18H23NO3/c1-3-4-10-16-15(12-20)11-13(2)17(18(16)19(21)22)14-8-6-5-7-9-14/h5-9,11-13,16-18H,3-4,10H2,1-2H3/t13-,16+,17-,18-/m0/s1. The first-order valence-corrected chi connectivity index (χ1v) is 7.95. The number of rotatable bonds is 6. The van der Waals surface area contributed by atoms with E-state index in [0.717, 1.165) is 24.7 Å². The Bertz CT molecular complexity index is 553. The highest BCUT2D eigenvalue weighted by atomic mass is 16.6. The predicted octanol–water partition coefficient (Wildman–Crippen LogP) is 4.00. The monoisotopic (exact) mass is 301 g/mol. The SMILES string of the molecule is CCCC[C@@H]1C(C=O)=C[C@H](C)[C@@H](c2ccccc2)[C@H]1[N+](=O)[O-]. The van der Waals surface area contributed by atoms with Crippen LogP contribution in [0.2, 0.25) is 0 Å². The summed E-state index contributed by atoms with van der Waals surface area (Å²) in [4.78, 5) is 23.0. The van der Waals surface area contributed by atoms with E-state index in [2.05, 4.69) is 6.92 Å². The van der Waals surface area contributed by atoms with Crippen molar-refractivity contribution < 1.29 is 9.72 Å². The van der Waals surface area contributed by atoms with E-state index < -0.39 is 6.04 Å². The summed E-state index contributed by atoms with van der Waals surface area (Å²) < 4.78 is 0. The second kappa shape index (κ2) is 7.34. The number of carbonyl (C=O) groups excluding carboxylic acids is 1. The summed E-state index contributed by atoms with van der Waals surface area (Å²) in [5, 5.41) is 11.8. The normalized spacial score (nSPS) is 28.0. The van der Waals surface area contributed by atoms with Crippen LogP contribution >= 0.6 is 0 Å². The van der Waals surface area contributed by atoms with Crippen molar-refractivity contribution in [2.75, 3.05) is 0 Å². The molecule has 0 saturated heterocycles. The minimum Gasteiger partial charge on any atom is -0.298 e. The Labute approximate surface area is 131 Å². The molecule has 2 rings (SSSR count). The van der Waals surface area contributed by atoms with E-state index in [1.165, 1.54) is 0 Å². The lowest BCUT2D eigenvalue weighted by Crippen LogP contribution is -2.42. The van der Waals surface area contributed by atoms with Crippen molar-refractivity contribution in [3.63, 3.8) is 0 Å². The summed E-state index contributed by atoms with van der Waals surface area (Å²) in [6, 6.07) is 8.93. The van der Waals surface area contributed by atoms with Crippen LogP contribution in [0.3, 0.4) is 0 Å². The maximum atomic E-state index is 11.8. The summed E-state index contributed by atoms with van der Waals surface area (Å²) in [7, 11) is 0. The van der Waals surface area contributed by atoms with Gasteiger partial charge in [-0.2, -0.15) is 0 Å². The second-order valence-corrected chi connectivity index (χ2v) is 6.10. The van der Waals surface area contributed by atoms with Crippen molar-refractivity contribution >= 4 is 6.29 Å². The maximum absolute atomic E-state index is 11.8. The first kappa shape index (κ1) is 16.4. The van der Waals surface area contributed by atoms with Gasteiger partial charge < -0.3 is 0 Å². The Hall–Kier alpha value is -1.97. The number of nitrogens with zero attached hydrogens (tertiary/aromatic N) is 1. The molecule has 1 aromatic carbocycles. The number of hydrogen-bond donors (Lipinski definition) is 0. The van der Waals surface area contributed by atoms with Crippen molar-refractivity contribution in [1.29, 1.82) is 0 Å². The van der Waals surface area contributed by atoms with Gasteiger partial charge in [-0.15, -0.1) is 0 Å². The van der Waals surface area contributed by atoms with Crippen LogP contribution in [0, 0.1) is 22.0 Å². The largest absolute Gasteiger partial charge is 0.298 e. The number of carbonyl (C=O) groups is 1. The fraction of sp³-hybridized carbons (Fsp3) is 0.500. The van der Waals surface area contributed by atoms with E-state index in [-0.39, 0.29) is 22.7 Å². The van der Waals surface area contributed by atoms with E-state index in [1.54, 1.807) is 0 Å². The number of hydrogen-bond acceptors (Lipinski definition) is 3. The first-order valence-electron chi connectivity index (χ1n) is 7.95. The molecule has 22 heavy (non-hydrogen) atoms. The van der Waals surface area contributed by atoms with Gasteiger partial charge in [-0.25, -0.2) is 0 Å². The summed E-state index contributed by atoms with van der Waals surface area (Å²) in [5.41, 5.74) is 1.59. The Morgan fingerprint density at radius 2 is 1.95 bits per heavy atom. The molecule has 0 unspecified atom stereocenters. The van der Waals surface area contributed by atoms with Gasteiger partial charge in [-0.1, -0.05) is 63.1 Å². The zero-order valence-corrected chi connectivity index (χ0v) is 13.1. The topological polar surface area (TPSA) is 60.2 Å². The van der Waals surface area contributed by atoms with E-state index in [1.807, 2.05) is 43.3 Å². The van der Waals surface area contributed by atoms with Crippen molar-refractivity contribution in [3.8, 4) is 0 Å². The third-order valence-corrected chi connectivity index (χ3v) is 4.66. The molecule has 0 spiro atoms. The van der Waals surface area contributed by atoms with Crippen LogP contribution in [0.1, 0.15) is 44.6 Å². The summed E-state index contributed by atoms with van der Waals surface area (Å²) >= 11 is 0. The molecule has 0 aromatic heterocycles. The van der Waals surface area contributed by atoms with E-state index >= 15 is 0 Å². The highest BCUT2D eigenvalue weighted by Gasteiger charge is 2.46. The molecule has 0 N–H and O–H groups in total. The zero-order valence-electron chi connectivity index (χ0n) is 13.1. The molecule has 118 valence electrons. The highest BCUT2D eigenvalue weighted by Crippen LogP contribution is 2.42. The van der Waals surface area contributed by atoms with E-state index in [9.17, 15) is 14.9 Å². The predicted molar refractivity (Wildman–Crippen MR) is 86.3 cm³/mol. The summed E-state index contributed by atoms with van der Waals surface area (Å²) in [6.45, 7) is 4.03. The van der Waals surface area contributed by atoms with Gasteiger partial charge in [-0.05, 0) is 23.5 Å². The Kier molecular flexibility index (Phi) is 5.47. The fourth-order valence-corrected chi connectivity index (χ4v) is 3.63. The second-order valence-electron chi connectivity index (χ2n) is 6.10. The van der Waals surface area contributed by atoms with Gasteiger partial charge in [-0.3, -0.25) is 14.9 Å². The highest BCUT2D eigenvalue weighted by molar-refractivity contribution is 5.75. The van der Waals surface area contributed by atoms with Gasteiger partial charge in [0.1, 0.15) is 6.29 Å². The van der Waals surface area contributed by atoms with Gasteiger partial charge >= 0.3 is 0 Å². The number of aldehydes is 1. The van der Waals surface area contributed by atoms with Crippen LogP contribution in [0.15, 0.2) is 42.0 Å². The molecule has 1 aromatic rings. The van der Waals surface area contributed by atoms with E-state index in [0.29, 0.717) is 12.0 Å². The van der Waals surface area contributed by atoms with Gasteiger partial charge in [0.2, 0.25) is 6.04 Å². The smallest absolute Gasteiger partial charge is 0.227 e.